The number of hydrogen-bond acceptors (Lipinski definition) is 3. The van der Waals surface area contributed by atoms with Gasteiger partial charge in [0.1, 0.15) is 5.52 Å². The van der Waals surface area contributed by atoms with Crippen LogP contribution >= 0.6 is 0 Å². The van der Waals surface area contributed by atoms with Gasteiger partial charge >= 0.3 is 0 Å². The average molecular weight is 266 g/mol. The molecule has 0 N–H and O–H groups in total. The zero-order valence-electron chi connectivity index (χ0n) is 11.8. The second-order valence-corrected chi connectivity index (χ2v) is 4.71. The summed E-state index contributed by atoms with van der Waals surface area (Å²) in [6.45, 7) is 6.29. The smallest absolute Gasteiger partial charge is 0.227 e. The van der Waals surface area contributed by atoms with Crippen molar-refractivity contribution in [3.8, 4) is 11.5 Å². The lowest BCUT2D eigenvalue weighted by atomic mass is 10.2. The Kier molecular flexibility index (Phi) is 3.42. The first-order chi connectivity index (χ1) is 9.81. The van der Waals surface area contributed by atoms with Gasteiger partial charge in [0.2, 0.25) is 5.89 Å². The Morgan fingerprint density at radius 2 is 1.75 bits per heavy atom. The van der Waals surface area contributed by atoms with Crippen LogP contribution in [-0.2, 0) is 0 Å². The lowest BCUT2D eigenvalue weighted by molar-refractivity contribution is 0.619. The fourth-order valence-electron chi connectivity index (χ4n) is 2.40. The van der Waals surface area contributed by atoms with Gasteiger partial charge in [0.05, 0.1) is 0 Å². The fraction of sp³-hybridized carbons (Fsp3) is 0.235. The largest absolute Gasteiger partial charge is 0.436 e. The Labute approximate surface area is 118 Å². The van der Waals surface area contributed by atoms with Crippen molar-refractivity contribution in [3.63, 3.8) is 0 Å². The van der Waals surface area contributed by atoms with E-state index in [0.717, 1.165) is 29.8 Å². The summed E-state index contributed by atoms with van der Waals surface area (Å²) < 4.78 is 5.90. The van der Waals surface area contributed by atoms with E-state index >= 15 is 0 Å². The van der Waals surface area contributed by atoms with E-state index in [0.29, 0.717) is 5.89 Å². The fourth-order valence-corrected chi connectivity index (χ4v) is 2.40. The molecule has 3 aromatic rings. The third-order valence-electron chi connectivity index (χ3n) is 3.52. The summed E-state index contributed by atoms with van der Waals surface area (Å²) in [4.78, 5) is 6.85. The summed E-state index contributed by atoms with van der Waals surface area (Å²) in [5, 5.41) is 0. The molecule has 3 heteroatoms. The van der Waals surface area contributed by atoms with Crippen molar-refractivity contribution in [2.24, 2.45) is 0 Å². The van der Waals surface area contributed by atoms with Crippen LogP contribution in [0.15, 0.2) is 52.9 Å². The van der Waals surface area contributed by atoms with E-state index in [1.165, 1.54) is 5.69 Å². The molecule has 0 atom stereocenters. The number of nitrogens with zero attached hydrogens (tertiary/aromatic N) is 2. The summed E-state index contributed by atoms with van der Waals surface area (Å²) in [6.07, 6.45) is 0. The first-order valence-corrected chi connectivity index (χ1v) is 7.02. The van der Waals surface area contributed by atoms with Crippen molar-refractivity contribution >= 4 is 16.8 Å². The van der Waals surface area contributed by atoms with Crippen LogP contribution in [0.25, 0.3) is 22.6 Å². The van der Waals surface area contributed by atoms with Crippen molar-refractivity contribution in [3.05, 3.63) is 48.5 Å². The van der Waals surface area contributed by atoms with E-state index in [-0.39, 0.29) is 0 Å². The Morgan fingerprint density at radius 1 is 1.00 bits per heavy atom. The molecule has 1 aromatic heterocycles. The number of oxazole rings is 1. The summed E-state index contributed by atoms with van der Waals surface area (Å²) in [5.74, 6) is 0.678. The van der Waals surface area contributed by atoms with Crippen LogP contribution in [0, 0.1) is 0 Å². The lowest BCUT2D eigenvalue weighted by Crippen LogP contribution is -2.21. The van der Waals surface area contributed by atoms with Gasteiger partial charge in [0, 0.05) is 30.4 Å². The Balaban J connectivity index is 2.04. The van der Waals surface area contributed by atoms with Crippen LogP contribution in [0.4, 0.5) is 5.69 Å². The number of aromatic nitrogens is 1. The zero-order chi connectivity index (χ0) is 13.9. The molecule has 1 heterocycles. The van der Waals surface area contributed by atoms with Gasteiger partial charge in [-0.3, -0.25) is 0 Å². The van der Waals surface area contributed by atoms with E-state index < -0.39 is 0 Å². The molecule has 0 saturated carbocycles. The van der Waals surface area contributed by atoms with Gasteiger partial charge in [-0.1, -0.05) is 18.2 Å². The molecule has 2 aromatic carbocycles. The van der Waals surface area contributed by atoms with Crippen LogP contribution in [0.5, 0.6) is 0 Å². The predicted molar refractivity (Wildman–Crippen MR) is 83.0 cm³/mol. The molecule has 102 valence electrons. The Morgan fingerprint density at radius 3 is 2.45 bits per heavy atom. The molecule has 20 heavy (non-hydrogen) atoms. The second-order valence-electron chi connectivity index (χ2n) is 4.71. The number of benzene rings is 2. The third kappa shape index (κ3) is 2.27. The van der Waals surface area contributed by atoms with E-state index in [9.17, 15) is 0 Å². The predicted octanol–water partition coefficient (Wildman–Crippen LogP) is 4.34. The van der Waals surface area contributed by atoms with Crippen LogP contribution in [0.1, 0.15) is 13.8 Å². The SMILES string of the molecule is CCN(CC)c1ccc2nc(-c3ccccc3)oc2c1. The molecule has 0 saturated heterocycles. The standard InChI is InChI=1S/C17H18N2O/c1-3-19(4-2)14-10-11-15-16(12-14)20-17(18-15)13-8-6-5-7-9-13/h5-12H,3-4H2,1-2H3. The maximum Gasteiger partial charge on any atom is 0.227 e. The van der Waals surface area contributed by atoms with E-state index in [4.69, 9.17) is 4.42 Å². The molecule has 0 radical (unpaired) electrons. The molecule has 0 bridgehead atoms. The molecule has 0 aliphatic rings. The molecule has 3 rings (SSSR count). The summed E-state index contributed by atoms with van der Waals surface area (Å²) in [6, 6.07) is 16.2. The molecule has 0 aliphatic carbocycles. The first-order valence-electron chi connectivity index (χ1n) is 7.02. The highest BCUT2D eigenvalue weighted by molar-refractivity contribution is 5.80. The van der Waals surface area contributed by atoms with Gasteiger partial charge in [-0.25, -0.2) is 4.98 Å². The molecular formula is C17H18N2O. The summed E-state index contributed by atoms with van der Waals surface area (Å²) in [7, 11) is 0. The minimum Gasteiger partial charge on any atom is -0.436 e. The molecule has 0 unspecified atom stereocenters. The van der Waals surface area contributed by atoms with Crippen LogP contribution in [0.3, 0.4) is 0 Å². The van der Waals surface area contributed by atoms with Crippen molar-refractivity contribution in [2.75, 3.05) is 18.0 Å². The van der Waals surface area contributed by atoms with Crippen LogP contribution in [0.2, 0.25) is 0 Å². The lowest BCUT2D eigenvalue weighted by Gasteiger charge is -2.20. The third-order valence-corrected chi connectivity index (χ3v) is 3.52. The van der Waals surface area contributed by atoms with Gasteiger partial charge in [0.25, 0.3) is 0 Å². The van der Waals surface area contributed by atoms with Crippen molar-refractivity contribution < 1.29 is 4.42 Å². The average Bonchev–Trinajstić information content (AvgIpc) is 2.93. The van der Waals surface area contributed by atoms with Gasteiger partial charge in [-0.05, 0) is 38.1 Å². The summed E-state index contributed by atoms with van der Waals surface area (Å²) in [5.41, 5.74) is 3.93. The van der Waals surface area contributed by atoms with Crippen LogP contribution < -0.4 is 4.90 Å². The first kappa shape index (κ1) is 12.7. The number of anilines is 1. The van der Waals surface area contributed by atoms with Gasteiger partial charge in [-0.15, -0.1) is 0 Å². The van der Waals surface area contributed by atoms with Crippen molar-refractivity contribution in [1.29, 1.82) is 0 Å². The van der Waals surface area contributed by atoms with Crippen molar-refractivity contribution in [1.82, 2.24) is 4.98 Å². The maximum atomic E-state index is 5.90. The minimum atomic E-state index is 0.678. The van der Waals surface area contributed by atoms with Crippen molar-refractivity contribution in [2.45, 2.75) is 13.8 Å². The highest BCUT2D eigenvalue weighted by atomic mass is 16.3. The number of hydrogen-bond donors (Lipinski definition) is 0. The van der Waals surface area contributed by atoms with Crippen LogP contribution in [-0.4, -0.2) is 18.1 Å². The summed E-state index contributed by atoms with van der Waals surface area (Å²) >= 11 is 0. The van der Waals surface area contributed by atoms with E-state index in [1.807, 2.05) is 36.4 Å². The maximum absolute atomic E-state index is 5.90. The normalized spacial score (nSPS) is 10.9. The molecule has 3 nitrogen and oxygen atoms in total. The Bertz CT molecular complexity index is 699. The topological polar surface area (TPSA) is 29.3 Å². The van der Waals surface area contributed by atoms with E-state index in [1.54, 1.807) is 0 Å². The second kappa shape index (κ2) is 5.37. The molecular weight excluding hydrogens is 248 g/mol. The van der Waals surface area contributed by atoms with Gasteiger partial charge in [-0.2, -0.15) is 0 Å². The molecule has 0 aliphatic heterocycles. The quantitative estimate of drug-likeness (QED) is 0.703. The Hall–Kier alpha value is -2.29. The molecule has 0 fully saturated rings. The monoisotopic (exact) mass is 266 g/mol. The van der Waals surface area contributed by atoms with E-state index in [2.05, 4.69) is 35.9 Å². The zero-order valence-corrected chi connectivity index (χ0v) is 11.8. The number of rotatable bonds is 4. The highest BCUT2D eigenvalue weighted by Crippen LogP contribution is 2.27. The highest BCUT2D eigenvalue weighted by Gasteiger charge is 2.10. The molecule has 0 spiro atoms. The number of fused-ring (bicyclic) bond motifs is 1. The van der Waals surface area contributed by atoms with Gasteiger partial charge in [0.15, 0.2) is 5.58 Å². The van der Waals surface area contributed by atoms with Gasteiger partial charge < -0.3 is 9.32 Å². The minimum absolute atomic E-state index is 0.678. The molecule has 0 amide bonds.